The van der Waals surface area contributed by atoms with Gasteiger partial charge in [0.2, 0.25) is 0 Å². The van der Waals surface area contributed by atoms with Crippen LogP contribution in [0.25, 0.3) is 0 Å². The smallest absolute Gasteiger partial charge is 0.107 e. The molecular formula is C5H13N3O. The highest BCUT2D eigenvalue weighted by Crippen LogP contribution is 2.09. The molecule has 0 bridgehead atoms. The number of rotatable bonds is 1. The quantitative estimate of drug-likeness (QED) is 0.500. The van der Waals surface area contributed by atoms with Crippen molar-refractivity contribution in [2.45, 2.75) is 19.0 Å². The van der Waals surface area contributed by atoms with Crippen LogP contribution in [0.2, 0.25) is 0 Å². The van der Waals surface area contributed by atoms with E-state index in [-0.39, 0.29) is 5.66 Å². The number of hydrogen-bond donors (Lipinski definition) is 2. The number of nitrogens with two attached hydrogens (primary N) is 1. The summed E-state index contributed by atoms with van der Waals surface area (Å²) in [6, 6.07) is 0. The van der Waals surface area contributed by atoms with Gasteiger partial charge in [0.25, 0.3) is 0 Å². The monoisotopic (exact) mass is 131 g/mol. The van der Waals surface area contributed by atoms with Crippen LogP contribution in [0.1, 0.15) is 13.3 Å². The highest BCUT2D eigenvalue weighted by atomic mass is 16.7. The van der Waals surface area contributed by atoms with Gasteiger partial charge in [-0.15, -0.1) is 5.17 Å². The third-order valence-electron chi connectivity index (χ3n) is 1.53. The summed E-state index contributed by atoms with van der Waals surface area (Å²) in [4.78, 5) is 5.06. The minimum Gasteiger partial charge on any atom is -0.310 e. The van der Waals surface area contributed by atoms with Crippen LogP contribution in [0, 0.1) is 0 Å². The van der Waals surface area contributed by atoms with Crippen LogP contribution in [0.3, 0.4) is 0 Å². The van der Waals surface area contributed by atoms with Crippen molar-refractivity contribution in [1.82, 2.24) is 10.6 Å². The lowest BCUT2D eigenvalue weighted by Crippen LogP contribution is -2.53. The van der Waals surface area contributed by atoms with Crippen molar-refractivity contribution in [3.8, 4) is 0 Å². The van der Waals surface area contributed by atoms with E-state index < -0.39 is 0 Å². The molecule has 0 amide bonds. The highest BCUT2D eigenvalue weighted by Gasteiger charge is 2.31. The standard InChI is InChI=1S/C5H13N3O/c1-3-5(6)4-9-8(2)7-5/h7H,3-4,6H2,1-2H3. The van der Waals surface area contributed by atoms with Crippen LogP contribution in [0.4, 0.5) is 0 Å². The molecule has 4 nitrogen and oxygen atoms in total. The molecule has 54 valence electrons. The topological polar surface area (TPSA) is 50.5 Å². The number of hydroxylamine groups is 1. The van der Waals surface area contributed by atoms with Crippen LogP contribution in [0.15, 0.2) is 0 Å². The highest BCUT2D eigenvalue weighted by molar-refractivity contribution is 4.79. The Morgan fingerprint density at radius 2 is 2.56 bits per heavy atom. The second-order valence-electron chi connectivity index (χ2n) is 2.39. The van der Waals surface area contributed by atoms with Gasteiger partial charge in [0.15, 0.2) is 0 Å². The van der Waals surface area contributed by atoms with Crippen molar-refractivity contribution in [1.29, 1.82) is 0 Å². The molecule has 0 aliphatic carbocycles. The zero-order valence-electron chi connectivity index (χ0n) is 5.85. The van der Waals surface area contributed by atoms with Crippen molar-refractivity contribution >= 4 is 0 Å². The molecule has 1 aliphatic heterocycles. The van der Waals surface area contributed by atoms with Gasteiger partial charge in [-0.3, -0.25) is 4.84 Å². The van der Waals surface area contributed by atoms with Gasteiger partial charge in [-0.2, -0.15) is 0 Å². The molecule has 0 spiro atoms. The normalized spacial score (nSPS) is 37.7. The second-order valence-corrected chi connectivity index (χ2v) is 2.39. The third-order valence-corrected chi connectivity index (χ3v) is 1.53. The molecule has 0 radical (unpaired) electrons. The first-order valence-electron chi connectivity index (χ1n) is 3.09. The number of nitrogens with one attached hydrogen (secondary N) is 1. The van der Waals surface area contributed by atoms with Crippen LogP contribution in [-0.4, -0.2) is 24.5 Å². The summed E-state index contributed by atoms with van der Waals surface area (Å²) in [5.41, 5.74) is 8.40. The Bertz CT molecular complexity index is 108. The Morgan fingerprint density at radius 3 is 2.78 bits per heavy atom. The van der Waals surface area contributed by atoms with E-state index in [0.717, 1.165) is 6.42 Å². The Kier molecular flexibility index (Phi) is 1.72. The Hall–Kier alpha value is -0.160. The van der Waals surface area contributed by atoms with Gasteiger partial charge in [-0.25, -0.2) is 5.43 Å². The maximum absolute atomic E-state index is 5.77. The summed E-state index contributed by atoms with van der Waals surface area (Å²) < 4.78 is 0. The van der Waals surface area contributed by atoms with Gasteiger partial charge < -0.3 is 5.73 Å². The first-order chi connectivity index (χ1) is 4.16. The van der Waals surface area contributed by atoms with Crippen LogP contribution in [-0.2, 0) is 4.84 Å². The second kappa shape index (κ2) is 2.22. The third kappa shape index (κ3) is 1.40. The maximum atomic E-state index is 5.77. The molecule has 3 N–H and O–H groups in total. The largest absolute Gasteiger partial charge is 0.310 e. The van der Waals surface area contributed by atoms with E-state index in [2.05, 4.69) is 5.43 Å². The van der Waals surface area contributed by atoms with Crippen LogP contribution < -0.4 is 11.2 Å². The van der Waals surface area contributed by atoms with Gasteiger partial charge in [-0.1, -0.05) is 6.92 Å². The van der Waals surface area contributed by atoms with E-state index in [1.807, 2.05) is 6.92 Å². The van der Waals surface area contributed by atoms with Gasteiger partial charge >= 0.3 is 0 Å². The van der Waals surface area contributed by atoms with Crippen molar-refractivity contribution in [2.75, 3.05) is 13.7 Å². The zero-order valence-corrected chi connectivity index (χ0v) is 5.85. The fourth-order valence-electron chi connectivity index (χ4n) is 0.771. The minimum atomic E-state index is -0.339. The lowest BCUT2D eigenvalue weighted by Gasteiger charge is -2.19. The van der Waals surface area contributed by atoms with E-state index in [1.54, 1.807) is 12.2 Å². The Morgan fingerprint density at radius 1 is 1.89 bits per heavy atom. The van der Waals surface area contributed by atoms with E-state index in [0.29, 0.717) is 6.61 Å². The molecule has 1 saturated heterocycles. The molecule has 4 heteroatoms. The van der Waals surface area contributed by atoms with Crippen LogP contribution >= 0.6 is 0 Å². The summed E-state index contributed by atoms with van der Waals surface area (Å²) in [7, 11) is 1.80. The molecule has 0 aromatic heterocycles. The molecule has 1 rings (SSSR count). The van der Waals surface area contributed by atoms with Crippen molar-refractivity contribution < 1.29 is 4.84 Å². The Balaban J connectivity index is 2.45. The van der Waals surface area contributed by atoms with E-state index >= 15 is 0 Å². The molecule has 1 unspecified atom stereocenters. The predicted octanol–water partition coefficient (Wildman–Crippen LogP) is -0.567. The average Bonchev–Trinajstić information content (AvgIpc) is 2.13. The fraction of sp³-hybridized carbons (Fsp3) is 1.00. The fourth-order valence-corrected chi connectivity index (χ4v) is 0.771. The maximum Gasteiger partial charge on any atom is 0.107 e. The van der Waals surface area contributed by atoms with Gasteiger partial charge in [0.1, 0.15) is 12.3 Å². The zero-order chi connectivity index (χ0) is 6.91. The predicted molar refractivity (Wildman–Crippen MR) is 34.1 cm³/mol. The molecule has 0 aromatic carbocycles. The number of hydrogen-bond acceptors (Lipinski definition) is 4. The Labute approximate surface area is 54.9 Å². The summed E-state index contributed by atoms with van der Waals surface area (Å²) >= 11 is 0. The molecule has 9 heavy (non-hydrogen) atoms. The molecule has 0 aromatic rings. The molecule has 1 aliphatic rings. The molecule has 1 atom stereocenters. The molecule has 0 saturated carbocycles. The minimum absolute atomic E-state index is 0.339. The summed E-state index contributed by atoms with van der Waals surface area (Å²) in [6.45, 7) is 2.58. The molecule has 1 heterocycles. The number of nitrogens with zero attached hydrogens (tertiary/aromatic N) is 1. The van der Waals surface area contributed by atoms with Gasteiger partial charge in [0, 0.05) is 7.05 Å². The summed E-state index contributed by atoms with van der Waals surface area (Å²) in [5.74, 6) is 0. The van der Waals surface area contributed by atoms with E-state index in [1.165, 1.54) is 0 Å². The summed E-state index contributed by atoms with van der Waals surface area (Å²) in [5, 5.41) is 1.55. The van der Waals surface area contributed by atoms with Crippen LogP contribution in [0.5, 0.6) is 0 Å². The lowest BCUT2D eigenvalue weighted by atomic mass is 10.1. The first-order valence-corrected chi connectivity index (χ1v) is 3.09. The van der Waals surface area contributed by atoms with Crippen molar-refractivity contribution in [3.05, 3.63) is 0 Å². The lowest BCUT2D eigenvalue weighted by molar-refractivity contribution is -0.117. The van der Waals surface area contributed by atoms with Crippen molar-refractivity contribution in [2.24, 2.45) is 5.73 Å². The van der Waals surface area contributed by atoms with Crippen molar-refractivity contribution in [3.63, 3.8) is 0 Å². The average molecular weight is 131 g/mol. The first kappa shape index (κ1) is 6.95. The molecular weight excluding hydrogens is 118 g/mol. The number of hydrazine groups is 1. The van der Waals surface area contributed by atoms with Gasteiger partial charge in [0.05, 0.1) is 0 Å². The van der Waals surface area contributed by atoms with E-state index in [4.69, 9.17) is 10.6 Å². The summed E-state index contributed by atoms with van der Waals surface area (Å²) in [6.07, 6.45) is 0.872. The SMILES string of the molecule is CCC1(N)CON(C)N1. The van der Waals surface area contributed by atoms with E-state index in [9.17, 15) is 0 Å². The van der Waals surface area contributed by atoms with Gasteiger partial charge in [-0.05, 0) is 6.42 Å². The molecule has 1 fully saturated rings.